The maximum atomic E-state index is 11.2. The third-order valence-corrected chi connectivity index (χ3v) is 3.31. The topological polar surface area (TPSA) is 46.3 Å². The van der Waals surface area contributed by atoms with Crippen molar-refractivity contribution in [2.24, 2.45) is 5.73 Å². The zero-order chi connectivity index (χ0) is 11.7. The second-order valence-electron chi connectivity index (χ2n) is 4.15. The van der Waals surface area contributed by atoms with Crippen LogP contribution in [0.2, 0.25) is 5.02 Å². The van der Waals surface area contributed by atoms with E-state index < -0.39 is 0 Å². The summed E-state index contributed by atoms with van der Waals surface area (Å²) in [5.41, 5.74) is 7.63. The molecule has 2 N–H and O–H groups in total. The number of amides is 1. The molecule has 1 aliphatic rings. The summed E-state index contributed by atoms with van der Waals surface area (Å²) in [6.45, 7) is 2.71. The fourth-order valence-corrected chi connectivity index (χ4v) is 2.35. The molecule has 1 aliphatic heterocycles. The number of halogens is 1. The van der Waals surface area contributed by atoms with Crippen LogP contribution in [0.15, 0.2) is 18.2 Å². The van der Waals surface area contributed by atoms with Gasteiger partial charge in [0.25, 0.3) is 0 Å². The Kier molecular flexibility index (Phi) is 3.06. The average molecular weight is 239 g/mol. The molecule has 86 valence electrons. The van der Waals surface area contributed by atoms with Gasteiger partial charge >= 0.3 is 0 Å². The number of fused-ring (bicyclic) bond motifs is 1. The first-order chi connectivity index (χ1) is 7.59. The molecule has 0 radical (unpaired) electrons. The molecule has 16 heavy (non-hydrogen) atoms. The first-order valence-corrected chi connectivity index (χ1v) is 5.82. The van der Waals surface area contributed by atoms with Crippen molar-refractivity contribution in [1.82, 2.24) is 0 Å². The quantitative estimate of drug-likeness (QED) is 0.856. The Morgan fingerprint density at radius 3 is 3.00 bits per heavy atom. The van der Waals surface area contributed by atoms with Crippen molar-refractivity contribution in [3.63, 3.8) is 0 Å². The Hall–Kier alpha value is -1.22. The summed E-state index contributed by atoms with van der Waals surface area (Å²) in [4.78, 5) is 13.3. The standard InChI is InChI=1S/C12H15ClN2O/c1-8(12(14)16)15-6-2-3-9-7-10(13)4-5-11(9)15/h4-5,7-8H,2-3,6H2,1H3,(H2,14,16)/t8-/m0/s1. The first-order valence-electron chi connectivity index (χ1n) is 5.44. The van der Waals surface area contributed by atoms with Crippen molar-refractivity contribution < 1.29 is 4.79 Å². The van der Waals surface area contributed by atoms with Gasteiger partial charge in [0.1, 0.15) is 6.04 Å². The van der Waals surface area contributed by atoms with Gasteiger partial charge in [-0.15, -0.1) is 0 Å². The van der Waals surface area contributed by atoms with Crippen LogP contribution in [0.25, 0.3) is 0 Å². The summed E-state index contributed by atoms with van der Waals surface area (Å²) < 4.78 is 0. The lowest BCUT2D eigenvalue weighted by Gasteiger charge is -2.34. The van der Waals surface area contributed by atoms with Gasteiger partial charge in [0, 0.05) is 17.3 Å². The molecule has 1 aromatic rings. The van der Waals surface area contributed by atoms with Crippen molar-refractivity contribution in [1.29, 1.82) is 0 Å². The number of aryl methyl sites for hydroxylation is 1. The molecule has 1 aromatic carbocycles. The number of nitrogens with zero attached hydrogens (tertiary/aromatic N) is 1. The zero-order valence-corrected chi connectivity index (χ0v) is 10.00. The summed E-state index contributed by atoms with van der Waals surface area (Å²) in [5, 5.41) is 0.743. The van der Waals surface area contributed by atoms with Gasteiger partial charge in [0.15, 0.2) is 0 Å². The maximum Gasteiger partial charge on any atom is 0.239 e. The van der Waals surface area contributed by atoms with Crippen LogP contribution in [0.5, 0.6) is 0 Å². The maximum absolute atomic E-state index is 11.2. The molecule has 0 bridgehead atoms. The molecule has 1 atom stereocenters. The SMILES string of the molecule is C[C@@H](C(N)=O)N1CCCc2cc(Cl)ccc21. The first kappa shape index (κ1) is 11.3. The van der Waals surface area contributed by atoms with Crippen LogP contribution in [0, 0.1) is 0 Å². The predicted molar refractivity (Wildman–Crippen MR) is 65.8 cm³/mol. The third kappa shape index (κ3) is 2.00. The molecule has 2 rings (SSSR count). The highest BCUT2D eigenvalue weighted by Gasteiger charge is 2.24. The van der Waals surface area contributed by atoms with Gasteiger partial charge in [-0.3, -0.25) is 4.79 Å². The van der Waals surface area contributed by atoms with Crippen molar-refractivity contribution >= 4 is 23.2 Å². The summed E-state index contributed by atoms with van der Waals surface area (Å²) in [6, 6.07) is 5.53. The van der Waals surface area contributed by atoms with E-state index in [1.165, 1.54) is 5.56 Å². The number of hydrogen-bond donors (Lipinski definition) is 1. The normalized spacial score (nSPS) is 16.8. The summed E-state index contributed by atoms with van der Waals surface area (Å²) in [5.74, 6) is -0.289. The summed E-state index contributed by atoms with van der Waals surface area (Å²) in [6.07, 6.45) is 2.04. The number of rotatable bonds is 2. The molecule has 1 heterocycles. The molecule has 0 saturated carbocycles. The van der Waals surface area contributed by atoms with Crippen LogP contribution >= 0.6 is 11.6 Å². The van der Waals surface area contributed by atoms with Crippen LogP contribution in [0.3, 0.4) is 0 Å². The average Bonchev–Trinajstić information content (AvgIpc) is 2.26. The van der Waals surface area contributed by atoms with Crippen LogP contribution in [-0.2, 0) is 11.2 Å². The second-order valence-corrected chi connectivity index (χ2v) is 4.58. The number of anilines is 1. The monoisotopic (exact) mass is 238 g/mol. The van der Waals surface area contributed by atoms with Gasteiger partial charge in [0.2, 0.25) is 5.91 Å². The largest absolute Gasteiger partial charge is 0.368 e. The van der Waals surface area contributed by atoms with E-state index >= 15 is 0 Å². The van der Waals surface area contributed by atoms with E-state index in [0.29, 0.717) is 0 Å². The molecule has 1 amide bonds. The van der Waals surface area contributed by atoms with Gasteiger partial charge in [-0.2, -0.15) is 0 Å². The molecule has 0 unspecified atom stereocenters. The molecule has 0 saturated heterocycles. The number of nitrogens with two attached hydrogens (primary N) is 1. The number of primary amides is 1. The molecule has 4 heteroatoms. The Morgan fingerprint density at radius 2 is 2.31 bits per heavy atom. The number of carbonyl (C=O) groups excluding carboxylic acids is 1. The van der Waals surface area contributed by atoms with Crippen LogP contribution in [0.4, 0.5) is 5.69 Å². The third-order valence-electron chi connectivity index (χ3n) is 3.08. The van der Waals surface area contributed by atoms with E-state index in [9.17, 15) is 4.79 Å². The van der Waals surface area contributed by atoms with Crippen molar-refractivity contribution in [3.8, 4) is 0 Å². The molecule has 0 fully saturated rings. The molecular formula is C12H15ClN2O. The fourth-order valence-electron chi connectivity index (χ4n) is 2.15. The Balaban J connectivity index is 2.36. The molecule has 0 spiro atoms. The van der Waals surface area contributed by atoms with E-state index in [4.69, 9.17) is 17.3 Å². The predicted octanol–water partition coefficient (Wildman–Crippen LogP) is 1.97. The fraction of sp³-hybridized carbons (Fsp3) is 0.417. The molecule has 0 aromatic heterocycles. The Morgan fingerprint density at radius 1 is 1.56 bits per heavy atom. The van der Waals surface area contributed by atoms with Crippen molar-refractivity contribution in [2.45, 2.75) is 25.8 Å². The highest BCUT2D eigenvalue weighted by atomic mass is 35.5. The lowest BCUT2D eigenvalue weighted by Crippen LogP contribution is -2.45. The Labute approximate surface area is 100 Å². The van der Waals surface area contributed by atoms with Gasteiger partial charge in [0.05, 0.1) is 0 Å². The van der Waals surface area contributed by atoms with Crippen LogP contribution in [0.1, 0.15) is 18.9 Å². The van der Waals surface area contributed by atoms with Gasteiger partial charge < -0.3 is 10.6 Å². The zero-order valence-electron chi connectivity index (χ0n) is 9.24. The van der Waals surface area contributed by atoms with Crippen molar-refractivity contribution in [2.75, 3.05) is 11.4 Å². The van der Waals surface area contributed by atoms with Gasteiger partial charge in [-0.1, -0.05) is 11.6 Å². The highest BCUT2D eigenvalue weighted by molar-refractivity contribution is 6.30. The minimum Gasteiger partial charge on any atom is -0.368 e. The minimum absolute atomic E-state index is 0.264. The number of hydrogen-bond acceptors (Lipinski definition) is 2. The molecular weight excluding hydrogens is 224 g/mol. The molecule has 0 aliphatic carbocycles. The van der Waals surface area contributed by atoms with E-state index in [1.54, 1.807) is 0 Å². The highest BCUT2D eigenvalue weighted by Crippen LogP contribution is 2.30. The Bertz CT molecular complexity index is 419. The van der Waals surface area contributed by atoms with Gasteiger partial charge in [-0.25, -0.2) is 0 Å². The van der Waals surface area contributed by atoms with Gasteiger partial charge in [-0.05, 0) is 43.5 Å². The second kappa shape index (κ2) is 4.34. The van der Waals surface area contributed by atoms with E-state index in [-0.39, 0.29) is 11.9 Å². The van der Waals surface area contributed by atoms with E-state index in [0.717, 1.165) is 30.1 Å². The van der Waals surface area contributed by atoms with E-state index in [2.05, 4.69) is 4.90 Å². The van der Waals surface area contributed by atoms with Crippen LogP contribution in [-0.4, -0.2) is 18.5 Å². The van der Waals surface area contributed by atoms with Crippen LogP contribution < -0.4 is 10.6 Å². The van der Waals surface area contributed by atoms with E-state index in [1.807, 2.05) is 25.1 Å². The van der Waals surface area contributed by atoms with Crippen molar-refractivity contribution in [3.05, 3.63) is 28.8 Å². The lowest BCUT2D eigenvalue weighted by molar-refractivity contribution is -0.119. The number of carbonyl (C=O) groups is 1. The smallest absolute Gasteiger partial charge is 0.239 e. The minimum atomic E-state index is -0.289. The molecule has 3 nitrogen and oxygen atoms in total. The lowest BCUT2D eigenvalue weighted by atomic mass is 10.00. The summed E-state index contributed by atoms with van der Waals surface area (Å²) in [7, 11) is 0. The summed E-state index contributed by atoms with van der Waals surface area (Å²) >= 11 is 5.96. The number of benzene rings is 1.